The molecule has 5 heteroatoms. The van der Waals surface area contributed by atoms with Gasteiger partial charge in [0.15, 0.2) is 0 Å². The maximum Gasteiger partial charge on any atom is 0.251 e. The fourth-order valence-corrected chi connectivity index (χ4v) is 1.50. The number of carbonyl (C=O) groups excluding carboxylic acids is 1. The van der Waals surface area contributed by atoms with Gasteiger partial charge in [-0.25, -0.2) is 4.39 Å². The number of hydrogen-bond donors (Lipinski definition) is 2. The van der Waals surface area contributed by atoms with E-state index >= 15 is 0 Å². The molecule has 0 heterocycles. The summed E-state index contributed by atoms with van der Waals surface area (Å²) in [5.41, 5.74) is 0.224. The van der Waals surface area contributed by atoms with Crippen LogP contribution in [0.5, 0.6) is 0 Å². The predicted molar refractivity (Wildman–Crippen MR) is 58.1 cm³/mol. The molecule has 0 spiro atoms. The summed E-state index contributed by atoms with van der Waals surface area (Å²) in [6.07, 6.45) is 0. The second kappa shape index (κ2) is 5.23. The molecule has 1 amide bonds. The molecule has 15 heavy (non-hydrogen) atoms. The van der Waals surface area contributed by atoms with E-state index in [2.05, 4.69) is 21.2 Å². The average Bonchev–Trinajstić information content (AvgIpc) is 2.16. The highest BCUT2D eigenvalue weighted by molar-refractivity contribution is 9.10. The van der Waals surface area contributed by atoms with E-state index in [4.69, 9.17) is 5.11 Å². The van der Waals surface area contributed by atoms with Crippen LogP contribution in [0, 0.1) is 5.82 Å². The third-order valence-corrected chi connectivity index (χ3v) is 2.23. The van der Waals surface area contributed by atoms with Crippen LogP contribution in [0.3, 0.4) is 0 Å². The van der Waals surface area contributed by atoms with Crippen molar-refractivity contribution in [2.24, 2.45) is 0 Å². The first-order valence-electron chi connectivity index (χ1n) is 4.40. The molecule has 0 unspecified atom stereocenters. The van der Waals surface area contributed by atoms with Crippen molar-refractivity contribution < 1.29 is 14.3 Å². The first-order valence-corrected chi connectivity index (χ1v) is 5.20. The minimum atomic E-state index is -0.480. The van der Waals surface area contributed by atoms with Gasteiger partial charge in [-0.3, -0.25) is 4.79 Å². The van der Waals surface area contributed by atoms with Gasteiger partial charge in [0.25, 0.3) is 5.91 Å². The molecule has 1 rings (SSSR count). The topological polar surface area (TPSA) is 49.3 Å². The van der Waals surface area contributed by atoms with Gasteiger partial charge in [-0.2, -0.15) is 0 Å². The summed E-state index contributed by atoms with van der Waals surface area (Å²) in [6.45, 7) is 1.51. The zero-order valence-electron chi connectivity index (χ0n) is 8.13. The van der Waals surface area contributed by atoms with Crippen molar-refractivity contribution >= 4 is 21.8 Å². The number of nitrogens with one attached hydrogen (secondary N) is 1. The molecule has 0 radical (unpaired) electrons. The summed E-state index contributed by atoms with van der Waals surface area (Å²) in [5, 5.41) is 11.3. The van der Waals surface area contributed by atoms with Gasteiger partial charge in [0, 0.05) is 16.1 Å². The van der Waals surface area contributed by atoms with Crippen LogP contribution < -0.4 is 5.32 Å². The third-order valence-electron chi connectivity index (χ3n) is 1.78. The Hall–Kier alpha value is -0.940. The lowest BCUT2D eigenvalue weighted by Crippen LogP contribution is -2.35. The summed E-state index contributed by atoms with van der Waals surface area (Å²) in [6, 6.07) is 3.58. The minimum Gasteiger partial charge on any atom is -0.394 e. The first kappa shape index (κ1) is 12.1. The molecule has 1 aromatic carbocycles. The van der Waals surface area contributed by atoms with Crippen LogP contribution in [0.4, 0.5) is 4.39 Å². The van der Waals surface area contributed by atoms with E-state index in [-0.39, 0.29) is 18.2 Å². The van der Waals surface area contributed by atoms with Crippen molar-refractivity contribution in [2.75, 3.05) is 6.61 Å². The molecule has 82 valence electrons. The van der Waals surface area contributed by atoms with E-state index in [1.807, 2.05) is 0 Å². The largest absolute Gasteiger partial charge is 0.394 e. The Balaban J connectivity index is 2.82. The predicted octanol–water partition coefficient (Wildman–Crippen LogP) is 1.70. The standard InChI is InChI=1S/C10H11BrFNO2/c1-6(5-14)13-10(15)7-2-8(11)4-9(12)3-7/h2-4,6,14H,5H2,1H3,(H,13,15)/t6-/m1/s1. The number of rotatable bonds is 3. The number of amides is 1. The highest BCUT2D eigenvalue weighted by atomic mass is 79.9. The van der Waals surface area contributed by atoms with E-state index < -0.39 is 11.7 Å². The molecule has 2 N–H and O–H groups in total. The van der Waals surface area contributed by atoms with Gasteiger partial charge in [0.05, 0.1) is 6.61 Å². The Bertz CT molecular complexity index is 350. The van der Waals surface area contributed by atoms with Crippen LogP contribution in [-0.2, 0) is 0 Å². The van der Waals surface area contributed by atoms with E-state index in [1.165, 1.54) is 12.1 Å². The number of carbonyl (C=O) groups is 1. The van der Waals surface area contributed by atoms with Crippen molar-refractivity contribution in [3.63, 3.8) is 0 Å². The summed E-state index contributed by atoms with van der Waals surface area (Å²) in [7, 11) is 0. The summed E-state index contributed by atoms with van der Waals surface area (Å²) in [5.74, 6) is -0.886. The normalized spacial score (nSPS) is 12.3. The van der Waals surface area contributed by atoms with Gasteiger partial charge in [0.2, 0.25) is 0 Å². The quantitative estimate of drug-likeness (QED) is 0.882. The zero-order valence-corrected chi connectivity index (χ0v) is 9.71. The van der Waals surface area contributed by atoms with Gasteiger partial charge >= 0.3 is 0 Å². The fourth-order valence-electron chi connectivity index (χ4n) is 1.04. The summed E-state index contributed by atoms with van der Waals surface area (Å²) >= 11 is 3.10. The Morgan fingerprint density at radius 3 is 2.80 bits per heavy atom. The van der Waals surface area contributed by atoms with Gasteiger partial charge in [-0.1, -0.05) is 15.9 Å². The SMILES string of the molecule is C[C@H](CO)NC(=O)c1cc(F)cc(Br)c1. The molecule has 0 saturated heterocycles. The van der Waals surface area contributed by atoms with Crippen molar-refractivity contribution in [3.8, 4) is 0 Å². The minimum absolute atomic E-state index is 0.151. The lowest BCUT2D eigenvalue weighted by molar-refractivity contribution is 0.0922. The third kappa shape index (κ3) is 3.60. The number of hydrogen-bond acceptors (Lipinski definition) is 2. The number of aliphatic hydroxyl groups is 1. The number of benzene rings is 1. The Labute approximate surface area is 95.4 Å². The van der Waals surface area contributed by atoms with Crippen LogP contribution in [0.25, 0.3) is 0 Å². The van der Waals surface area contributed by atoms with Crippen LogP contribution in [0.15, 0.2) is 22.7 Å². The maximum atomic E-state index is 12.9. The maximum absolute atomic E-state index is 12.9. The van der Waals surface area contributed by atoms with Crippen molar-refractivity contribution in [2.45, 2.75) is 13.0 Å². The molecule has 1 aromatic rings. The lowest BCUT2D eigenvalue weighted by atomic mass is 10.2. The molecule has 3 nitrogen and oxygen atoms in total. The van der Waals surface area contributed by atoms with Crippen molar-refractivity contribution in [3.05, 3.63) is 34.1 Å². The van der Waals surface area contributed by atoms with Crippen LogP contribution in [0.2, 0.25) is 0 Å². The smallest absolute Gasteiger partial charge is 0.251 e. The molecule has 0 saturated carbocycles. The van der Waals surface area contributed by atoms with Crippen molar-refractivity contribution in [1.82, 2.24) is 5.32 Å². The van der Waals surface area contributed by atoms with Gasteiger partial charge < -0.3 is 10.4 Å². The van der Waals surface area contributed by atoms with Crippen LogP contribution >= 0.6 is 15.9 Å². The van der Waals surface area contributed by atoms with E-state index in [0.29, 0.717) is 4.47 Å². The Morgan fingerprint density at radius 1 is 1.60 bits per heavy atom. The summed E-state index contributed by atoms with van der Waals surface area (Å²) < 4.78 is 13.5. The second-order valence-corrected chi connectivity index (χ2v) is 4.13. The van der Waals surface area contributed by atoms with E-state index in [0.717, 1.165) is 6.07 Å². The highest BCUT2D eigenvalue weighted by Crippen LogP contribution is 2.14. The molecule has 0 bridgehead atoms. The molecule has 0 fully saturated rings. The Kier molecular flexibility index (Phi) is 4.23. The monoisotopic (exact) mass is 275 g/mol. The lowest BCUT2D eigenvalue weighted by Gasteiger charge is -2.10. The molecule has 0 aliphatic heterocycles. The molecule has 1 atom stereocenters. The first-order chi connectivity index (χ1) is 7.02. The zero-order chi connectivity index (χ0) is 11.4. The van der Waals surface area contributed by atoms with E-state index in [1.54, 1.807) is 6.92 Å². The van der Waals surface area contributed by atoms with Crippen LogP contribution in [0.1, 0.15) is 17.3 Å². The molecular weight excluding hydrogens is 265 g/mol. The van der Waals surface area contributed by atoms with Gasteiger partial charge in [-0.15, -0.1) is 0 Å². The number of aliphatic hydroxyl groups excluding tert-OH is 1. The van der Waals surface area contributed by atoms with Gasteiger partial charge in [0.1, 0.15) is 5.82 Å². The molecule has 0 aliphatic carbocycles. The number of halogens is 2. The van der Waals surface area contributed by atoms with Crippen molar-refractivity contribution in [1.29, 1.82) is 0 Å². The van der Waals surface area contributed by atoms with E-state index in [9.17, 15) is 9.18 Å². The molecular formula is C10H11BrFNO2. The van der Waals surface area contributed by atoms with Gasteiger partial charge in [-0.05, 0) is 25.1 Å². The molecule has 0 aliphatic rings. The summed E-state index contributed by atoms with van der Waals surface area (Å²) in [4.78, 5) is 11.5. The fraction of sp³-hybridized carbons (Fsp3) is 0.300. The highest BCUT2D eigenvalue weighted by Gasteiger charge is 2.10. The average molecular weight is 276 g/mol. The molecule has 0 aromatic heterocycles. The second-order valence-electron chi connectivity index (χ2n) is 3.22. The van der Waals surface area contributed by atoms with Crippen LogP contribution in [-0.4, -0.2) is 23.7 Å². The Morgan fingerprint density at radius 2 is 2.27 bits per heavy atom.